The third kappa shape index (κ3) is 4.91. The van der Waals surface area contributed by atoms with E-state index in [2.05, 4.69) is 15.5 Å². The van der Waals surface area contributed by atoms with E-state index in [9.17, 15) is 18.0 Å². The summed E-state index contributed by atoms with van der Waals surface area (Å²) in [6.45, 7) is 3.96. The highest BCUT2D eigenvalue weighted by molar-refractivity contribution is 7.99. The number of aryl methyl sites for hydroxylation is 2. The minimum Gasteiger partial charge on any atom is -0.335 e. The van der Waals surface area contributed by atoms with Crippen molar-refractivity contribution in [3.05, 3.63) is 71.5 Å². The number of carbonyl (C=O) groups excluding carboxylic acids is 1. The molecule has 0 aliphatic heterocycles. The van der Waals surface area contributed by atoms with Gasteiger partial charge in [0.1, 0.15) is 5.82 Å². The van der Waals surface area contributed by atoms with Gasteiger partial charge in [-0.2, -0.15) is 18.3 Å². The van der Waals surface area contributed by atoms with Crippen LogP contribution in [0.2, 0.25) is 0 Å². The molecule has 34 heavy (non-hydrogen) atoms. The molecular formula is C22H20F3N7OS. The molecule has 1 amide bonds. The van der Waals surface area contributed by atoms with E-state index in [0.29, 0.717) is 16.2 Å². The van der Waals surface area contributed by atoms with E-state index in [4.69, 9.17) is 10.9 Å². The highest BCUT2D eigenvalue weighted by Gasteiger charge is 2.38. The van der Waals surface area contributed by atoms with Crippen LogP contribution in [0, 0.1) is 13.8 Å². The fourth-order valence-electron chi connectivity index (χ4n) is 3.26. The Hall–Kier alpha value is -3.80. The number of benzene rings is 2. The van der Waals surface area contributed by atoms with Crippen molar-refractivity contribution in [3.8, 4) is 16.9 Å². The maximum atomic E-state index is 12.8. The van der Waals surface area contributed by atoms with Gasteiger partial charge < -0.3 is 11.2 Å². The summed E-state index contributed by atoms with van der Waals surface area (Å²) in [6, 6.07) is 17.0. The van der Waals surface area contributed by atoms with Crippen LogP contribution in [-0.4, -0.2) is 36.3 Å². The maximum absolute atomic E-state index is 12.8. The fraction of sp³-hybridized carbons (Fsp3) is 0.182. The second-order valence-electron chi connectivity index (χ2n) is 7.49. The second-order valence-corrected chi connectivity index (χ2v) is 8.43. The number of para-hydroxylation sites is 1. The van der Waals surface area contributed by atoms with Crippen molar-refractivity contribution in [2.45, 2.75) is 25.2 Å². The van der Waals surface area contributed by atoms with Gasteiger partial charge in [-0.1, -0.05) is 47.7 Å². The third-order valence-electron chi connectivity index (χ3n) is 4.90. The molecule has 0 saturated heterocycles. The standard InChI is InChI=1S/C22H20F3N7OS/c1-13-8-9-14(2)16(10-13)17-11-18(32(30-17)15-6-4-3-5-7-15)27-19(33)12-34-21-29-28-20(31(21)26)22(23,24)25/h3-11H,12,26H2,1-2H3,(H,27,33). The average Bonchev–Trinajstić information content (AvgIpc) is 3.38. The van der Waals surface area contributed by atoms with Crippen molar-refractivity contribution < 1.29 is 18.0 Å². The Balaban J connectivity index is 1.58. The quantitative estimate of drug-likeness (QED) is 0.312. The van der Waals surface area contributed by atoms with Gasteiger partial charge in [0.15, 0.2) is 0 Å². The number of anilines is 1. The molecule has 8 nitrogen and oxygen atoms in total. The molecule has 2 aromatic carbocycles. The molecule has 4 rings (SSSR count). The lowest BCUT2D eigenvalue weighted by atomic mass is 10.0. The highest BCUT2D eigenvalue weighted by Crippen LogP contribution is 2.30. The Labute approximate surface area is 197 Å². The topological polar surface area (TPSA) is 104 Å². The Morgan fingerprint density at radius 1 is 1.09 bits per heavy atom. The first-order valence-electron chi connectivity index (χ1n) is 10.1. The summed E-state index contributed by atoms with van der Waals surface area (Å²) in [4.78, 5) is 12.7. The zero-order valence-electron chi connectivity index (χ0n) is 18.2. The maximum Gasteiger partial charge on any atom is 0.453 e. The molecule has 0 unspecified atom stereocenters. The van der Waals surface area contributed by atoms with Gasteiger partial charge in [0.05, 0.1) is 17.1 Å². The van der Waals surface area contributed by atoms with E-state index >= 15 is 0 Å². The highest BCUT2D eigenvalue weighted by atomic mass is 32.2. The SMILES string of the molecule is Cc1ccc(C)c(-c2cc(NC(=O)CSc3nnc(C(F)(F)F)n3N)n(-c3ccccc3)n2)c1. The fourth-order valence-corrected chi connectivity index (χ4v) is 3.91. The molecular weight excluding hydrogens is 467 g/mol. The Bertz CT molecular complexity index is 1330. The first kappa shape index (κ1) is 23.4. The Kier molecular flexibility index (Phi) is 6.33. The second kappa shape index (κ2) is 9.21. The number of alkyl halides is 3. The lowest BCUT2D eigenvalue weighted by molar-refractivity contribution is -0.146. The summed E-state index contributed by atoms with van der Waals surface area (Å²) in [7, 11) is 0. The van der Waals surface area contributed by atoms with Crippen molar-refractivity contribution >= 4 is 23.5 Å². The number of nitrogens with zero attached hydrogens (tertiary/aromatic N) is 5. The van der Waals surface area contributed by atoms with Crippen molar-refractivity contribution in [1.29, 1.82) is 0 Å². The number of nitrogens with one attached hydrogen (secondary N) is 1. The molecule has 0 radical (unpaired) electrons. The molecule has 3 N–H and O–H groups in total. The van der Waals surface area contributed by atoms with Crippen LogP contribution in [0.1, 0.15) is 17.0 Å². The Morgan fingerprint density at radius 3 is 2.50 bits per heavy atom. The smallest absolute Gasteiger partial charge is 0.335 e. The predicted octanol–water partition coefficient (Wildman–Crippen LogP) is 4.21. The minimum atomic E-state index is -4.74. The van der Waals surface area contributed by atoms with Crippen molar-refractivity contribution in [2.24, 2.45) is 0 Å². The van der Waals surface area contributed by atoms with Crippen molar-refractivity contribution in [3.63, 3.8) is 0 Å². The van der Waals surface area contributed by atoms with E-state index in [1.54, 1.807) is 10.7 Å². The van der Waals surface area contributed by atoms with Crippen LogP contribution in [0.5, 0.6) is 0 Å². The van der Waals surface area contributed by atoms with Crippen LogP contribution in [0.3, 0.4) is 0 Å². The lowest BCUT2D eigenvalue weighted by Crippen LogP contribution is -2.22. The van der Waals surface area contributed by atoms with E-state index in [1.807, 2.05) is 62.4 Å². The molecule has 2 aromatic heterocycles. The van der Waals surface area contributed by atoms with Gasteiger partial charge in [-0.25, -0.2) is 9.36 Å². The van der Waals surface area contributed by atoms with Crippen LogP contribution in [0.4, 0.5) is 19.0 Å². The summed E-state index contributed by atoms with van der Waals surface area (Å²) in [5.41, 5.74) is 4.43. The van der Waals surface area contributed by atoms with Gasteiger partial charge in [0.2, 0.25) is 11.1 Å². The van der Waals surface area contributed by atoms with Gasteiger partial charge in [0.25, 0.3) is 5.82 Å². The van der Waals surface area contributed by atoms with Crippen LogP contribution in [-0.2, 0) is 11.0 Å². The number of nitrogen functional groups attached to an aromatic ring is 1. The number of halogens is 3. The van der Waals surface area contributed by atoms with Crippen molar-refractivity contribution in [1.82, 2.24) is 24.7 Å². The molecule has 0 atom stereocenters. The first-order chi connectivity index (χ1) is 16.1. The Morgan fingerprint density at radius 2 is 1.82 bits per heavy atom. The third-order valence-corrected chi connectivity index (χ3v) is 5.84. The monoisotopic (exact) mass is 487 g/mol. The number of hydrogen-bond donors (Lipinski definition) is 2. The van der Waals surface area contributed by atoms with E-state index < -0.39 is 17.9 Å². The number of amides is 1. The lowest BCUT2D eigenvalue weighted by Gasteiger charge is -2.09. The van der Waals surface area contributed by atoms with E-state index in [-0.39, 0.29) is 10.9 Å². The summed E-state index contributed by atoms with van der Waals surface area (Å²) in [6.07, 6.45) is -4.74. The summed E-state index contributed by atoms with van der Waals surface area (Å²) < 4.78 is 40.5. The predicted molar refractivity (Wildman–Crippen MR) is 123 cm³/mol. The number of thioether (sulfide) groups is 1. The minimum absolute atomic E-state index is 0.227. The van der Waals surface area contributed by atoms with Gasteiger partial charge in [0, 0.05) is 11.6 Å². The van der Waals surface area contributed by atoms with Crippen LogP contribution in [0.25, 0.3) is 16.9 Å². The molecule has 176 valence electrons. The van der Waals surface area contributed by atoms with Crippen LogP contribution >= 0.6 is 11.8 Å². The van der Waals surface area contributed by atoms with Gasteiger partial charge in [-0.15, -0.1) is 10.2 Å². The van der Waals surface area contributed by atoms with E-state index in [1.165, 1.54) is 0 Å². The summed E-state index contributed by atoms with van der Waals surface area (Å²) in [5, 5.41) is 13.7. The molecule has 0 fully saturated rings. The average molecular weight is 488 g/mol. The molecule has 12 heteroatoms. The number of rotatable bonds is 6. The van der Waals surface area contributed by atoms with Crippen LogP contribution < -0.4 is 11.2 Å². The molecule has 2 heterocycles. The van der Waals surface area contributed by atoms with E-state index in [0.717, 1.165) is 34.1 Å². The molecule has 4 aromatic rings. The number of carbonyl (C=O) groups is 1. The van der Waals surface area contributed by atoms with Gasteiger partial charge in [-0.05, 0) is 37.6 Å². The van der Waals surface area contributed by atoms with Crippen molar-refractivity contribution in [2.75, 3.05) is 16.9 Å². The zero-order chi connectivity index (χ0) is 24.5. The van der Waals surface area contributed by atoms with Gasteiger partial charge in [-0.3, -0.25) is 4.79 Å². The first-order valence-corrected chi connectivity index (χ1v) is 11.1. The number of aromatic nitrogens is 5. The van der Waals surface area contributed by atoms with Crippen LogP contribution in [0.15, 0.2) is 59.8 Å². The molecule has 0 spiro atoms. The molecule has 0 aliphatic carbocycles. The molecule has 0 aliphatic rings. The summed E-state index contributed by atoms with van der Waals surface area (Å²) >= 11 is 0.743. The zero-order valence-corrected chi connectivity index (χ0v) is 19.0. The normalized spacial score (nSPS) is 11.6. The molecule has 0 bridgehead atoms. The molecule has 0 saturated carbocycles. The number of nitrogens with two attached hydrogens (primary N) is 1. The largest absolute Gasteiger partial charge is 0.453 e. The van der Waals surface area contributed by atoms with Gasteiger partial charge >= 0.3 is 6.18 Å². The number of hydrogen-bond acceptors (Lipinski definition) is 6. The summed E-state index contributed by atoms with van der Waals surface area (Å²) in [5.74, 6) is 3.81.